The van der Waals surface area contributed by atoms with E-state index in [1.807, 2.05) is 6.92 Å². The molecule has 0 radical (unpaired) electrons. The Morgan fingerprint density at radius 2 is 1.34 bits per heavy atom. The highest BCUT2D eigenvalue weighted by Crippen LogP contribution is 2.76. The molecule has 476 valence electrons. The number of ether oxygens (including phenoxy) is 10. The van der Waals surface area contributed by atoms with Gasteiger partial charge in [0.25, 0.3) is 0 Å². The van der Waals surface area contributed by atoms with Crippen LogP contribution in [0.3, 0.4) is 0 Å². The van der Waals surface area contributed by atoms with Crippen LogP contribution in [0.1, 0.15) is 113 Å². The topological polar surface area (TPSA) is 398 Å². The Morgan fingerprint density at radius 1 is 0.711 bits per heavy atom. The van der Waals surface area contributed by atoms with E-state index < -0.39 is 180 Å². The minimum absolute atomic E-state index is 0.0408. The first kappa shape index (κ1) is 65.5. The number of aliphatic hydroxyl groups excluding tert-OH is 8. The molecule has 8 fully saturated rings. The standard InChI is InChI=1S/C54H86O27S2/c1-24(2)11-10-17-53(8)32-15-19-52(7)27-12-13-31-50(4,5)33(16-18-51(31,6)26(27)14-20-54(32,52)49(63)80-53)76-48-44(36(58)30(22-71-48)81-83(67,68)69)79-45-38(60)37(59)41(25(3)73-45)77-47-40(62)43(35(57)29(75-47)23-72-82(64,65)66)78-46-39(61)42(70-9)34(56)28(21-55)74-46/h14,25,27-48,55-62H,1,10-13,15-23H2,2-9H3,(H,64,65,66)(H,67,68,69). The lowest BCUT2D eigenvalue weighted by Crippen LogP contribution is -2.67. The van der Waals surface area contributed by atoms with Crippen LogP contribution in [-0.2, 0) is 81.3 Å². The minimum Gasteiger partial charge on any atom is -0.459 e. The van der Waals surface area contributed by atoms with Crippen molar-refractivity contribution >= 4 is 26.8 Å². The van der Waals surface area contributed by atoms with Crippen molar-refractivity contribution in [2.75, 3.05) is 26.9 Å². The SMILES string of the molecule is C=C(C)CCCC1(C)OC(=O)C23CC=C4C(CCC5C4(C)CCC(OC4OCC(OS(=O)(=O)O)C(O)C4OC4OC(C)C(OC6OC(COS(=O)(=O)O)C(O)C(OC7OC(CO)C(O)C(OC)C7O)C6O)C(O)C4O)C5(C)C)C2(C)CCC13. The van der Waals surface area contributed by atoms with Crippen LogP contribution >= 0.6 is 0 Å². The average Bonchev–Trinajstić information content (AvgIpc) is 1.59. The fourth-order valence-electron chi connectivity index (χ4n) is 16.4. The molecule has 4 aliphatic carbocycles. The van der Waals surface area contributed by atoms with Crippen molar-refractivity contribution in [3.05, 3.63) is 23.8 Å². The zero-order valence-electron chi connectivity index (χ0n) is 48.0. The van der Waals surface area contributed by atoms with Gasteiger partial charge in [-0.05, 0) is 113 Å². The van der Waals surface area contributed by atoms with E-state index in [9.17, 15) is 71.6 Å². The Balaban J connectivity index is 0.909. The van der Waals surface area contributed by atoms with Gasteiger partial charge in [0.15, 0.2) is 25.2 Å². The van der Waals surface area contributed by atoms with Crippen LogP contribution in [0.4, 0.5) is 0 Å². The fourth-order valence-corrected chi connectivity index (χ4v) is 17.2. The van der Waals surface area contributed by atoms with E-state index in [0.717, 1.165) is 57.6 Å². The molecule has 1 spiro atoms. The molecule has 0 aromatic heterocycles. The molecular weight excluding hydrogens is 1140 g/mol. The summed E-state index contributed by atoms with van der Waals surface area (Å²) >= 11 is 0. The number of esters is 1. The third kappa shape index (κ3) is 11.9. The van der Waals surface area contributed by atoms with Crippen LogP contribution in [0.5, 0.6) is 0 Å². The molecule has 5 saturated heterocycles. The van der Waals surface area contributed by atoms with Gasteiger partial charge in [0.05, 0.1) is 37.4 Å². The number of fused-ring (bicyclic) bond motifs is 4. The van der Waals surface area contributed by atoms with Gasteiger partial charge in [0, 0.05) is 13.0 Å². The predicted octanol–water partition coefficient (Wildman–Crippen LogP) is 0.266. The predicted molar refractivity (Wildman–Crippen MR) is 281 cm³/mol. The lowest BCUT2D eigenvalue weighted by Gasteiger charge is -2.63. The van der Waals surface area contributed by atoms with Gasteiger partial charge >= 0.3 is 26.8 Å². The van der Waals surface area contributed by atoms with Gasteiger partial charge in [-0.2, -0.15) is 16.8 Å². The summed E-state index contributed by atoms with van der Waals surface area (Å²) in [5.41, 5.74) is 0.0380. The summed E-state index contributed by atoms with van der Waals surface area (Å²) in [5.74, 6) is 0.183. The lowest BCUT2D eigenvalue weighted by atomic mass is 9.41. The van der Waals surface area contributed by atoms with E-state index in [-0.39, 0.29) is 34.6 Å². The molecular formula is C54H86O27S2. The second kappa shape index (κ2) is 24.1. The van der Waals surface area contributed by atoms with Gasteiger partial charge in [0.2, 0.25) is 0 Å². The number of rotatable bonds is 19. The first-order valence-corrected chi connectivity index (χ1v) is 31.3. The second-order valence-corrected chi connectivity index (χ2v) is 28.0. The Labute approximate surface area is 483 Å². The summed E-state index contributed by atoms with van der Waals surface area (Å²) in [6, 6.07) is 0. The number of allylic oxidation sites excluding steroid dienone is 3. The molecule has 0 aromatic carbocycles. The average molecular weight is 1230 g/mol. The molecule has 3 saturated carbocycles. The number of carbonyl (C=O) groups excluding carboxylic acids is 1. The normalized spacial score (nSPS) is 49.0. The smallest absolute Gasteiger partial charge is 0.397 e. The summed E-state index contributed by atoms with van der Waals surface area (Å²) in [6.07, 6.45) is -24.7. The van der Waals surface area contributed by atoms with Gasteiger partial charge in [-0.25, -0.2) is 8.37 Å². The molecule has 5 aliphatic heterocycles. The number of cyclic esters (lactones) is 1. The Hall–Kier alpha value is -1.99. The largest absolute Gasteiger partial charge is 0.459 e. The van der Waals surface area contributed by atoms with Crippen LogP contribution in [-0.4, -0.2) is 228 Å². The molecule has 10 N–H and O–H groups in total. The summed E-state index contributed by atoms with van der Waals surface area (Å²) in [6.45, 7) is 15.8. The third-order valence-corrected chi connectivity index (χ3v) is 21.5. The Bertz CT molecular complexity index is 2610. The van der Waals surface area contributed by atoms with Crippen molar-refractivity contribution in [2.24, 2.45) is 39.4 Å². The Kier molecular flexibility index (Phi) is 19.0. The maximum absolute atomic E-state index is 14.4. The minimum atomic E-state index is -5.19. The second-order valence-electron chi connectivity index (χ2n) is 25.8. The van der Waals surface area contributed by atoms with Crippen LogP contribution < -0.4 is 0 Å². The van der Waals surface area contributed by atoms with Gasteiger partial charge < -0.3 is 88.2 Å². The van der Waals surface area contributed by atoms with Crippen molar-refractivity contribution in [1.29, 1.82) is 0 Å². The molecule has 0 amide bonds. The summed E-state index contributed by atoms with van der Waals surface area (Å²) in [4.78, 5) is 14.4. The highest BCUT2D eigenvalue weighted by Gasteiger charge is 2.76. The molecule has 0 bridgehead atoms. The molecule has 0 aromatic rings. The lowest BCUT2D eigenvalue weighted by molar-refractivity contribution is -0.389. The highest BCUT2D eigenvalue weighted by molar-refractivity contribution is 7.81. The van der Waals surface area contributed by atoms with E-state index in [1.165, 1.54) is 12.5 Å². The van der Waals surface area contributed by atoms with Crippen molar-refractivity contribution in [2.45, 2.75) is 241 Å². The van der Waals surface area contributed by atoms with Crippen molar-refractivity contribution in [3.63, 3.8) is 0 Å². The number of hydrogen-bond donors (Lipinski definition) is 10. The van der Waals surface area contributed by atoms with Crippen molar-refractivity contribution in [3.8, 4) is 0 Å². The molecule has 29 heteroatoms. The summed E-state index contributed by atoms with van der Waals surface area (Å²) < 4.78 is 135. The van der Waals surface area contributed by atoms with Crippen LogP contribution in [0.25, 0.3) is 0 Å². The molecule has 9 aliphatic rings. The van der Waals surface area contributed by atoms with Crippen LogP contribution in [0.2, 0.25) is 0 Å². The first-order chi connectivity index (χ1) is 38.7. The molecule has 5 heterocycles. The monoisotopic (exact) mass is 1230 g/mol. The van der Waals surface area contributed by atoms with Crippen molar-refractivity contribution in [1.82, 2.24) is 0 Å². The zero-order chi connectivity index (χ0) is 60.9. The molecule has 9 rings (SSSR count). The van der Waals surface area contributed by atoms with Gasteiger partial charge in [0.1, 0.15) is 91.1 Å². The zero-order valence-corrected chi connectivity index (χ0v) is 49.6. The molecule has 83 heavy (non-hydrogen) atoms. The van der Waals surface area contributed by atoms with Crippen LogP contribution in [0, 0.1) is 39.4 Å². The Morgan fingerprint density at radius 3 is 1.98 bits per heavy atom. The van der Waals surface area contributed by atoms with E-state index in [1.54, 1.807) is 0 Å². The third-order valence-electron chi connectivity index (χ3n) is 20.6. The van der Waals surface area contributed by atoms with Crippen molar-refractivity contribution < 1.29 is 127 Å². The van der Waals surface area contributed by atoms with Gasteiger partial charge in [-0.3, -0.25) is 13.9 Å². The fraction of sp³-hybridized carbons (Fsp3) is 0.907. The summed E-state index contributed by atoms with van der Waals surface area (Å²) in [5, 5.41) is 89.6. The van der Waals surface area contributed by atoms with E-state index in [2.05, 4.69) is 51.5 Å². The van der Waals surface area contributed by atoms with E-state index in [0.29, 0.717) is 19.3 Å². The molecule has 27 atom stereocenters. The van der Waals surface area contributed by atoms with Crippen LogP contribution in [0.15, 0.2) is 23.8 Å². The first-order valence-electron chi connectivity index (χ1n) is 28.6. The van der Waals surface area contributed by atoms with E-state index in [4.69, 9.17) is 51.6 Å². The summed E-state index contributed by atoms with van der Waals surface area (Å²) in [7, 11) is -9.23. The van der Waals surface area contributed by atoms with E-state index >= 15 is 0 Å². The highest BCUT2D eigenvalue weighted by atomic mass is 32.3. The van der Waals surface area contributed by atoms with Gasteiger partial charge in [-0.15, -0.1) is 6.58 Å². The quantitative estimate of drug-likeness (QED) is 0.0359. The molecule has 27 unspecified atom stereocenters. The van der Waals surface area contributed by atoms with Gasteiger partial charge in [-0.1, -0.05) is 44.9 Å². The number of methoxy groups -OCH3 is 1. The molecule has 27 nitrogen and oxygen atoms in total. The number of hydrogen-bond acceptors (Lipinski definition) is 25. The maximum atomic E-state index is 14.4. The number of aliphatic hydroxyl groups is 8. The number of carbonyl (C=O) groups is 1. The maximum Gasteiger partial charge on any atom is 0.397 e.